The Bertz CT molecular complexity index is 563. The standard InChI is InChI=1S/C13H6Cl4/c14-7-1-3-9-10-4-2-8(15)6-12(10)13(16,17)11(9)5-7/h1-6H. The summed E-state index contributed by atoms with van der Waals surface area (Å²) in [5.41, 5.74) is 3.63. The summed E-state index contributed by atoms with van der Waals surface area (Å²) >= 11 is 24.8. The third-order valence-electron chi connectivity index (χ3n) is 2.93. The summed E-state index contributed by atoms with van der Waals surface area (Å²) in [6.07, 6.45) is 0. The molecular formula is C13H6Cl4. The van der Waals surface area contributed by atoms with Gasteiger partial charge >= 0.3 is 0 Å². The molecule has 0 nitrogen and oxygen atoms in total. The lowest BCUT2D eigenvalue weighted by Gasteiger charge is -2.15. The van der Waals surface area contributed by atoms with Crippen molar-refractivity contribution in [3.63, 3.8) is 0 Å². The van der Waals surface area contributed by atoms with Gasteiger partial charge in [0.05, 0.1) is 0 Å². The lowest BCUT2D eigenvalue weighted by Crippen LogP contribution is -2.07. The molecule has 0 fully saturated rings. The minimum Gasteiger partial charge on any atom is -0.0909 e. The average Bonchev–Trinajstić information content (AvgIpc) is 2.49. The maximum Gasteiger partial charge on any atom is 0.169 e. The molecule has 0 aromatic heterocycles. The Morgan fingerprint density at radius 2 is 1.12 bits per heavy atom. The van der Waals surface area contributed by atoms with Gasteiger partial charge in [-0.1, -0.05) is 58.5 Å². The first kappa shape index (κ1) is 11.7. The van der Waals surface area contributed by atoms with E-state index in [0.717, 1.165) is 22.3 Å². The van der Waals surface area contributed by atoms with Gasteiger partial charge in [0.15, 0.2) is 4.33 Å². The second-order valence-corrected chi connectivity index (χ2v) is 6.15. The van der Waals surface area contributed by atoms with Gasteiger partial charge in [-0.05, 0) is 35.4 Å². The van der Waals surface area contributed by atoms with Crippen molar-refractivity contribution >= 4 is 46.4 Å². The Balaban J connectivity index is 2.37. The maximum absolute atomic E-state index is 6.42. The molecule has 86 valence electrons. The first-order chi connectivity index (χ1) is 8.00. The summed E-state index contributed by atoms with van der Waals surface area (Å²) in [6, 6.07) is 11.1. The number of benzene rings is 2. The number of fused-ring (bicyclic) bond motifs is 3. The van der Waals surface area contributed by atoms with Crippen LogP contribution in [0.1, 0.15) is 11.1 Å². The fourth-order valence-corrected chi connectivity index (χ4v) is 3.14. The van der Waals surface area contributed by atoms with Crippen LogP contribution in [0.2, 0.25) is 10.0 Å². The Morgan fingerprint density at radius 3 is 1.53 bits per heavy atom. The van der Waals surface area contributed by atoms with E-state index in [2.05, 4.69) is 0 Å². The number of rotatable bonds is 0. The summed E-state index contributed by atoms with van der Waals surface area (Å²) in [5, 5.41) is 1.24. The van der Waals surface area contributed by atoms with Gasteiger partial charge in [-0.3, -0.25) is 0 Å². The van der Waals surface area contributed by atoms with E-state index in [1.54, 1.807) is 12.1 Å². The van der Waals surface area contributed by atoms with Gasteiger partial charge in [0.2, 0.25) is 0 Å². The van der Waals surface area contributed by atoms with Crippen molar-refractivity contribution in [2.45, 2.75) is 4.33 Å². The van der Waals surface area contributed by atoms with Crippen LogP contribution in [0.15, 0.2) is 36.4 Å². The van der Waals surface area contributed by atoms with Crippen molar-refractivity contribution in [3.05, 3.63) is 57.6 Å². The predicted molar refractivity (Wildman–Crippen MR) is 74.4 cm³/mol. The van der Waals surface area contributed by atoms with Gasteiger partial charge in [0.25, 0.3) is 0 Å². The average molecular weight is 304 g/mol. The quantitative estimate of drug-likeness (QED) is 0.551. The summed E-state index contributed by atoms with van der Waals surface area (Å²) in [5.74, 6) is 0. The van der Waals surface area contributed by atoms with Crippen molar-refractivity contribution in [2.24, 2.45) is 0 Å². The first-order valence-electron chi connectivity index (χ1n) is 4.98. The summed E-state index contributed by atoms with van der Waals surface area (Å²) in [6.45, 7) is 0. The van der Waals surface area contributed by atoms with Gasteiger partial charge in [-0.15, -0.1) is 0 Å². The highest BCUT2D eigenvalue weighted by molar-refractivity contribution is 6.51. The second kappa shape index (κ2) is 3.80. The van der Waals surface area contributed by atoms with Crippen molar-refractivity contribution in [1.82, 2.24) is 0 Å². The Morgan fingerprint density at radius 1 is 0.706 bits per heavy atom. The molecule has 0 heterocycles. The molecule has 1 aliphatic carbocycles. The van der Waals surface area contributed by atoms with Crippen molar-refractivity contribution in [1.29, 1.82) is 0 Å². The van der Waals surface area contributed by atoms with E-state index < -0.39 is 4.33 Å². The molecule has 0 atom stereocenters. The van der Waals surface area contributed by atoms with E-state index in [9.17, 15) is 0 Å². The lowest BCUT2D eigenvalue weighted by atomic mass is 10.1. The molecule has 0 saturated heterocycles. The molecule has 0 aliphatic heterocycles. The summed E-state index contributed by atoms with van der Waals surface area (Å²) in [4.78, 5) is 0. The molecule has 0 radical (unpaired) electrons. The molecule has 0 N–H and O–H groups in total. The fourth-order valence-electron chi connectivity index (χ4n) is 2.17. The molecular weight excluding hydrogens is 298 g/mol. The van der Waals surface area contributed by atoms with E-state index in [1.165, 1.54) is 0 Å². The van der Waals surface area contributed by atoms with E-state index in [4.69, 9.17) is 46.4 Å². The highest BCUT2D eigenvalue weighted by atomic mass is 35.5. The van der Waals surface area contributed by atoms with Gasteiger partial charge in [-0.25, -0.2) is 0 Å². The minimum atomic E-state index is -1.08. The van der Waals surface area contributed by atoms with Crippen LogP contribution >= 0.6 is 46.4 Å². The van der Waals surface area contributed by atoms with E-state index in [0.29, 0.717) is 10.0 Å². The summed E-state index contributed by atoms with van der Waals surface area (Å²) < 4.78 is -1.08. The van der Waals surface area contributed by atoms with Crippen molar-refractivity contribution in [2.75, 3.05) is 0 Å². The number of halogens is 4. The second-order valence-electron chi connectivity index (χ2n) is 3.95. The van der Waals surface area contributed by atoms with Crippen LogP contribution < -0.4 is 0 Å². The maximum atomic E-state index is 6.42. The topological polar surface area (TPSA) is 0 Å². The monoisotopic (exact) mass is 302 g/mol. The fraction of sp³-hybridized carbons (Fsp3) is 0.0769. The third kappa shape index (κ3) is 1.67. The molecule has 0 unspecified atom stereocenters. The Labute approximate surface area is 119 Å². The van der Waals surface area contributed by atoms with E-state index in [-0.39, 0.29) is 0 Å². The molecule has 4 heteroatoms. The molecule has 0 amide bonds. The van der Waals surface area contributed by atoms with Crippen LogP contribution in [0.5, 0.6) is 0 Å². The van der Waals surface area contributed by atoms with Crippen molar-refractivity contribution in [3.8, 4) is 11.1 Å². The molecule has 2 aromatic rings. The first-order valence-corrected chi connectivity index (χ1v) is 6.49. The largest absolute Gasteiger partial charge is 0.169 e. The van der Waals surface area contributed by atoms with Crippen LogP contribution in [0.25, 0.3) is 11.1 Å². The molecule has 0 saturated carbocycles. The number of hydrogen-bond acceptors (Lipinski definition) is 0. The van der Waals surface area contributed by atoms with E-state index >= 15 is 0 Å². The Hall–Kier alpha value is -0.400. The number of hydrogen-bond donors (Lipinski definition) is 0. The van der Waals surface area contributed by atoms with Gasteiger partial charge < -0.3 is 0 Å². The van der Waals surface area contributed by atoms with Crippen molar-refractivity contribution < 1.29 is 0 Å². The SMILES string of the molecule is Clc1ccc2c(c1)C(Cl)(Cl)c1cc(Cl)ccc1-2. The third-order valence-corrected chi connectivity index (χ3v) is 4.21. The van der Waals surface area contributed by atoms with Crippen LogP contribution in [0.4, 0.5) is 0 Å². The van der Waals surface area contributed by atoms with Crippen LogP contribution in [-0.4, -0.2) is 0 Å². The molecule has 17 heavy (non-hydrogen) atoms. The summed E-state index contributed by atoms with van der Waals surface area (Å²) in [7, 11) is 0. The molecule has 0 spiro atoms. The highest BCUT2D eigenvalue weighted by Gasteiger charge is 2.40. The van der Waals surface area contributed by atoms with Crippen LogP contribution in [0.3, 0.4) is 0 Å². The van der Waals surface area contributed by atoms with Crippen LogP contribution in [0, 0.1) is 0 Å². The van der Waals surface area contributed by atoms with Gasteiger partial charge in [0, 0.05) is 21.2 Å². The smallest absolute Gasteiger partial charge is 0.0909 e. The minimum absolute atomic E-state index is 0.619. The van der Waals surface area contributed by atoms with Crippen LogP contribution in [-0.2, 0) is 4.33 Å². The van der Waals surface area contributed by atoms with E-state index in [1.807, 2.05) is 24.3 Å². The zero-order chi connectivity index (χ0) is 12.2. The lowest BCUT2D eigenvalue weighted by molar-refractivity contribution is 1.09. The normalized spacial score (nSPS) is 15.5. The zero-order valence-electron chi connectivity index (χ0n) is 8.48. The molecule has 1 aliphatic rings. The Kier molecular flexibility index (Phi) is 2.61. The molecule has 2 aromatic carbocycles. The molecule has 0 bridgehead atoms. The highest BCUT2D eigenvalue weighted by Crippen LogP contribution is 2.54. The van der Waals surface area contributed by atoms with Gasteiger partial charge in [-0.2, -0.15) is 0 Å². The molecule has 3 rings (SSSR count). The van der Waals surface area contributed by atoms with Gasteiger partial charge in [0.1, 0.15) is 0 Å². The zero-order valence-corrected chi connectivity index (χ0v) is 11.5. The number of alkyl halides is 2. The predicted octanol–water partition coefficient (Wildman–Crippen LogP) is 5.65.